The van der Waals surface area contributed by atoms with Crippen molar-refractivity contribution in [2.24, 2.45) is 0 Å². The lowest BCUT2D eigenvalue weighted by Crippen LogP contribution is -2.00. The first-order valence-corrected chi connectivity index (χ1v) is 4.74. The number of nitrogens with one attached hydrogen (secondary N) is 1. The fourth-order valence-electron chi connectivity index (χ4n) is 1.23. The maximum Gasteiger partial charge on any atom is 0.0342 e. The number of benzene rings is 1. The minimum atomic E-state index is 1.02. The highest BCUT2D eigenvalue weighted by atomic mass is 14.9. The molecule has 0 aliphatic heterocycles. The lowest BCUT2D eigenvalue weighted by atomic mass is 10.2. The van der Waals surface area contributed by atoms with Crippen LogP contribution >= 0.6 is 0 Å². The number of hydrogen-bond acceptors (Lipinski definition) is 1. The van der Waals surface area contributed by atoms with E-state index in [0.29, 0.717) is 0 Å². The topological polar surface area (TPSA) is 12.0 Å². The second-order valence-electron chi connectivity index (χ2n) is 3.23. The van der Waals surface area contributed by atoms with Crippen LogP contribution in [0.25, 0.3) is 0 Å². The molecular formula is C12H17N. The van der Waals surface area contributed by atoms with Crippen molar-refractivity contribution < 1.29 is 0 Å². The summed E-state index contributed by atoms with van der Waals surface area (Å²) in [7, 11) is 0. The Balaban J connectivity index is 2.32. The molecule has 0 saturated heterocycles. The summed E-state index contributed by atoms with van der Waals surface area (Å²) >= 11 is 0. The molecule has 1 aromatic rings. The molecule has 1 heteroatoms. The Hall–Kier alpha value is -1.24. The predicted molar refractivity (Wildman–Crippen MR) is 59.1 cm³/mol. The van der Waals surface area contributed by atoms with Crippen LogP contribution in [0.3, 0.4) is 0 Å². The van der Waals surface area contributed by atoms with Gasteiger partial charge in [0.05, 0.1) is 0 Å². The van der Waals surface area contributed by atoms with Gasteiger partial charge in [-0.2, -0.15) is 0 Å². The van der Waals surface area contributed by atoms with Gasteiger partial charge in [-0.15, -0.1) is 6.58 Å². The molecular weight excluding hydrogens is 158 g/mol. The van der Waals surface area contributed by atoms with E-state index in [9.17, 15) is 0 Å². The third-order valence-electron chi connectivity index (χ3n) is 1.93. The molecule has 0 spiro atoms. The van der Waals surface area contributed by atoms with Crippen LogP contribution in [0, 0.1) is 6.92 Å². The van der Waals surface area contributed by atoms with Crippen LogP contribution in [-0.4, -0.2) is 6.54 Å². The summed E-state index contributed by atoms with van der Waals surface area (Å²) in [6.45, 7) is 6.82. The van der Waals surface area contributed by atoms with Crippen LogP contribution in [0.15, 0.2) is 36.9 Å². The van der Waals surface area contributed by atoms with Crippen LogP contribution < -0.4 is 5.32 Å². The van der Waals surface area contributed by atoms with Gasteiger partial charge in [0.1, 0.15) is 0 Å². The van der Waals surface area contributed by atoms with E-state index in [2.05, 4.69) is 43.1 Å². The number of unbranched alkanes of at least 4 members (excludes halogenated alkanes) is 1. The van der Waals surface area contributed by atoms with Gasteiger partial charge in [-0.1, -0.05) is 18.2 Å². The number of rotatable bonds is 5. The molecule has 0 aliphatic carbocycles. The lowest BCUT2D eigenvalue weighted by molar-refractivity contribution is 0.891. The monoisotopic (exact) mass is 175 g/mol. The van der Waals surface area contributed by atoms with Crippen LogP contribution in [-0.2, 0) is 0 Å². The normalized spacial score (nSPS) is 9.62. The lowest BCUT2D eigenvalue weighted by Gasteiger charge is -2.05. The first-order chi connectivity index (χ1) is 6.33. The van der Waals surface area contributed by atoms with E-state index in [0.717, 1.165) is 19.4 Å². The molecule has 0 atom stereocenters. The molecule has 0 radical (unpaired) electrons. The molecule has 1 rings (SSSR count). The standard InChI is InChI=1S/C12H17N/c1-3-4-5-9-13-12-8-6-7-11(2)10-12/h3,6-8,10,13H,1,4-5,9H2,2H3. The van der Waals surface area contributed by atoms with Crippen LogP contribution in [0.1, 0.15) is 18.4 Å². The highest BCUT2D eigenvalue weighted by Crippen LogP contribution is 2.09. The summed E-state index contributed by atoms with van der Waals surface area (Å²) in [6, 6.07) is 8.44. The van der Waals surface area contributed by atoms with Crippen molar-refractivity contribution in [1.82, 2.24) is 0 Å². The first kappa shape index (κ1) is 9.85. The quantitative estimate of drug-likeness (QED) is 0.534. The summed E-state index contributed by atoms with van der Waals surface area (Å²) in [5.41, 5.74) is 2.51. The molecule has 0 unspecified atom stereocenters. The van der Waals surface area contributed by atoms with Gasteiger partial charge in [-0.05, 0) is 37.5 Å². The van der Waals surface area contributed by atoms with Crippen molar-refractivity contribution in [3.63, 3.8) is 0 Å². The van der Waals surface area contributed by atoms with Crippen LogP contribution in [0.2, 0.25) is 0 Å². The van der Waals surface area contributed by atoms with Gasteiger partial charge >= 0.3 is 0 Å². The molecule has 70 valence electrons. The summed E-state index contributed by atoms with van der Waals surface area (Å²) in [5, 5.41) is 3.37. The summed E-state index contributed by atoms with van der Waals surface area (Å²) in [4.78, 5) is 0. The van der Waals surface area contributed by atoms with Crippen LogP contribution in [0.4, 0.5) is 5.69 Å². The van der Waals surface area contributed by atoms with E-state index in [4.69, 9.17) is 0 Å². The van der Waals surface area contributed by atoms with E-state index >= 15 is 0 Å². The zero-order chi connectivity index (χ0) is 9.52. The highest BCUT2D eigenvalue weighted by molar-refractivity contribution is 5.45. The Morgan fingerprint density at radius 3 is 3.00 bits per heavy atom. The molecule has 0 amide bonds. The van der Waals surface area contributed by atoms with E-state index in [1.807, 2.05) is 6.08 Å². The average Bonchev–Trinajstić information content (AvgIpc) is 2.13. The first-order valence-electron chi connectivity index (χ1n) is 4.74. The fourth-order valence-corrected chi connectivity index (χ4v) is 1.23. The van der Waals surface area contributed by atoms with Gasteiger partial charge < -0.3 is 5.32 Å². The number of hydrogen-bond donors (Lipinski definition) is 1. The molecule has 0 aromatic heterocycles. The summed E-state index contributed by atoms with van der Waals surface area (Å²) in [6.07, 6.45) is 4.19. The SMILES string of the molecule is C=CCCCNc1cccc(C)c1. The number of aryl methyl sites for hydroxylation is 1. The van der Waals surface area contributed by atoms with Gasteiger partial charge in [0.2, 0.25) is 0 Å². The molecule has 1 N–H and O–H groups in total. The van der Waals surface area contributed by atoms with Gasteiger partial charge in [-0.25, -0.2) is 0 Å². The second kappa shape index (κ2) is 5.41. The Morgan fingerprint density at radius 2 is 2.31 bits per heavy atom. The maximum atomic E-state index is 3.69. The Kier molecular flexibility index (Phi) is 4.10. The van der Waals surface area contributed by atoms with Gasteiger partial charge in [-0.3, -0.25) is 0 Å². The molecule has 0 saturated carbocycles. The molecule has 1 nitrogen and oxygen atoms in total. The molecule has 1 aromatic carbocycles. The molecule has 0 aliphatic rings. The van der Waals surface area contributed by atoms with Gasteiger partial charge in [0, 0.05) is 12.2 Å². The Labute approximate surface area is 80.5 Å². The number of anilines is 1. The van der Waals surface area contributed by atoms with E-state index in [-0.39, 0.29) is 0 Å². The fraction of sp³-hybridized carbons (Fsp3) is 0.333. The molecule has 13 heavy (non-hydrogen) atoms. The number of allylic oxidation sites excluding steroid dienone is 1. The highest BCUT2D eigenvalue weighted by Gasteiger charge is 1.90. The largest absolute Gasteiger partial charge is 0.385 e. The predicted octanol–water partition coefficient (Wildman–Crippen LogP) is 3.37. The third-order valence-corrected chi connectivity index (χ3v) is 1.93. The van der Waals surface area contributed by atoms with Crippen molar-refractivity contribution in [3.8, 4) is 0 Å². The zero-order valence-corrected chi connectivity index (χ0v) is 8.22. The van der Waals surface area contributed by atoms with Gasteiger partial charge in [0.15, 0.2) is 0 Å². The van der Waals surface area contributed by atoms with Crippen molar-refractivity contribution in [1.29, 1.82) is 0 Å². The van der Waals surface area contributed by atoms with Crippen molar-refractivity contribution >= 4 is 5.69 Å². The zero-order valence-electron chi connectivity index (χ0n) is 8.22. The van der Waals surface area contributed by atoms with Crippen molar-refractivity contribution in [3.05, 3.63) is 42.5 Å². The minimum Gasteiger partial charge on any atom is -0.385 e. The Bertz CT molecular complexity index is 266. The Morgan fingerprint density at radius 1 is 1.46 bits per heavy atom. The van der Waals surface area contributed by atoms with E-state index < -0.39 is 0 Å². The molecule has 0 bridgehead atoms. The summed E-state index contributed by atoms with van der Waals surface area (Å²) in [5.74, 6) is 0. The smallest absolute Gasteiger partial charge is 0.0342 e. The van der Waals surface area contributed by atoms with E-state index in [1.54, 1.807) is 0 Å². The molecule has 0 fully saturated rings. The summed E-state index contributed by atoms with van der Waals surface area (Å²) < 4.78 is 0. The van der Waals surface area contributed by atoms with Crippen molar-refractivity contribution in [2.45, 2.75) is 19.8 Å². The average molecular weight is 175 g/mol. The van der Waals surface area contributed by atoms with Crippen molar-refractivity contribution in [2.75, 3.05) is 11.9 Å². The molecule has 0 heterocycles. The minimum absolute atomic E-state index is 1.02. The second-order valence-corrected chi connectivity index (χ2v) is 3.23. The van der Waals surface area contributed by atoms with Gasteiger partial charge in [0.25, 0.3) is 0 Å². The van der Waals surface area contributed by atoms with Crippen LogP contribution in [0.5, 0.6) is 0 Å². The third kappa shape index (κ3) is 3.79. The van der Waals surface area contributed by atoms with E-state index in [1.165, 1.54) is 11.3 Å². The maximum absolute atomic E-state index is 3.69.